The third-order valence-corrected chi connectivity index (χ3v) is 6.31. The van der Waals surface area contributed by atoms with Crippen molar-refractivity contribution in [2.75, 3.05) is 6.26 Å². The predicted molar refractivity (Wildman–Crippen MR) is 107 cm³/mol. The maximum absolute atomic E-state index is 12.5. The van der Waals surface area contributed by atoms with Crippen LogP contribution in [0.15, 0.2) is 75.9 Å². The molecular weight excluding hydrogens is 414 g/mol. The quantitative estimate of drug-likeness (QED) is 0.658. The lowest BCUT2D eigenvalue weighted by molar-refractivity contribution is 0.400. The first kappa shape index (κ1) is 17.1. The van der Waals surface area contributed by atoms with Crippen molar-refractivity contribution in [3.05, 3.63) is 87.1 Å². The maximum atomic E-state index is 12.5. The molecule has 1 unspecified atom stereocenters. The molecule has 0 radical (unpaired) electrons. The molecule has 3 aromatic carbocycles. The molecule has 0 spiro atoms. The largest absolute Gasteiger partial charge is 0.440 e. The van der Waals surface area contributed by atoms with Gasteiger partial charge in [-0.15, -0.1) is 0 Å². The second-order valence-corrected chi connectivity index (χ2v) is 9.19. The van der Waals surface area contributed by atoms with E-state index in [0.29, 0.717) is 5.75 Å². The number of nitrogens with two attached hydrogens (primary N) is 1. The zero-order chi connectivity index (χ0) is 18.5. The normalized spacial score (nSPS) is 17.1. The Morgan fingerprint density at radius 2 is 1.69 bits per heavy atom. The molecule has 1 atom stereocenters. The van der Waals surface area contributed by atoms with Crippen molar-refractivity contribution in [1.82, 2.24) is 0 Å². The SMILES string of the molecule is CS(=O)(=O)C1=C(N)Oc2c(ccc3ccccc23)C1c1ccc(Br)cc1. The van der Waals surface area contributed by atoms with Crippen molar-refractivity contribution in [1.29, 1.82) is 0 Å². The van der Waals surface area contributed by atoms with Gasteiger partial charge in [-0.3, -0.25) is 0 Å². The molecule has 3 aromatic rings. The lowest BCUT2D eigenvalue weighted by atomic mass is 9.87. The summed E-state index contributed by atoms with van der Waals surface area (Å²) in [5.41, 5.74) is 7.73. The van der Waals surface area contributed by atoms with Crippen LogP contribution >= 0.6 is 15.9 Å². The number of hydrogen-bond donors (Lipinski definition) is 1. The first-order valence-electron chi connectivity index (χ1n) is 8.01. The third kappa shape index (κ3) is 2.79. The first-order chi connectivity index (χ1) is 12.4. The molecule has 26 heavy (non-hydrogen) atoms. The second-order valence-electron chi connectivity index (χ2n) is 6.29. The van der Waals surface area contributed by atoms with Gasteiger partial charge in [0.05, 0.1) is 5.92 Å². The standard InChI is InChI=1S/C20H16BrNO3S/c1-26(23,24)19-17(13-6-9-14(21)10-7-13)16-11-8-12-4-2-3-5-15(12)18(16)25-20(19)22/h2-11,17H,22H2,1H3. The lowest BCUT2D eigenvalue weighted by Gasteiger charge is -2.29. The number of hydrogen-bond acceptors (Lipinski definition) is 4. The van der Waals surface area contributed by atoms with E-state index >= 15 is 0 Å². The van der Waals surface area contributed by atoms with E-state index in [1.54, 1.807) is 0 Å². The summed E-state index contributed by atoms with van der Waals surface area (Å²) >= 11 is 3.42. The number of rotatable bonds is 2. The van der Waals surface area contributed by atoms with Gasteiger partial charge < -0.3 is 10.5 Å². The van der Waals surface area contributed by atoms with E-state index in [9.17, 15) is 8.42 Å². The molecule has 0 saturated carbocycles. The highest BCUT2D eigenvalue weighted by atomic mass is 79.9. The molecule has 0 bridgehead atoms. The maximum Gasteiger partial charge on any atom is 0.206 e. The van der Waals surface area contributed by atoms with Crippen LogP contribution in [0.1, 0.15) is 17.0 Å². The van der Waals surface area contributed by atoms with E-state index < -0.39 is 15.8 Å². The van der Waals surface area contributed by atoms with Gasteiger partial charge in [0.15, 0.2) is 9.84 Å². The summed E-state index contributed by atoms with van der Waals surface area (Å²) in [5, 5.41) is 1.92. The van der Waals surface area contributed by atoms with E-state index in [-0.39, 0.29) is 10.8 Å². The van der Waals surface area contributed by atoms with Gasteiger partial charge in [-0.1, -0.05) is 64.5 Å². The molecule has 4 nitrogen and oxygen atoms in total. The number of ether oxygens (including phenoxy) is 1. The Balaban J connectivity index is 2.05. The van der Waals surface area contributed by atoms with E-state index in [0.717, 1.165) is 32.6 Å². The second kappa shape index (κ2) is 6.14. The van der Waals surface area contributed by atoms with Gasteiger partial charge in [0.1, 0.15) is 10.7 Å². The minimum Gasteiger partial charge on any atom is -0.440 e. The Morgan fingerprint density at radius 3 is 2.38 bits per heavy atom. The minimum atomic E-state index is -3.56. The Labute approximate surface area is 160 Å². The van der Waals surface area contributed by atoms with Crippen molar-refractivity contribution < 1.29 is 13.2 Å². The van der Waals surface area contributed by atoms with E-state index in [1.165, 1.54) is 0 Å². The number of allylic oxidation sites excluding steroid dienone is 1. The molecule has 0 saturated heterocycles. The number of sulfone groups is 1. The van der Waals surface area contributed by atoms with E-state index in [4.69, 9.17) is 10.5 Å². The predicted octanol–water partition coefficient (Wildman–Crippen LogP) is 4.30. The van der Waals surface area contributed by atoms with Crippen LogP contribution in [0.3, 0.4) is 0 Å². The highest BCUT2D eigenvalue weighted by molar-refractivity contribution is 9.10. The average Bonchev–Trinajstić information content (AvgIpc) is 2.60. The fourth-order valence-corrected chi connectivity index (χ4v) is 4.79. The number of fused-ring (bicyclic) bond motifs is 3. The molecule has 6 heteroatoms. The molecule has 1 aliphatic rings. The third-order valence-electron chi connectivity index (χ3n) is 4.54. The number of halogens is 1. The van der Waals surface area contributed by atoms with Gasteiger partial charge in [0.2, 0.25) is 5.88 Å². The fraction of sp³-hybridized carbons (Fsp3) is 0.100. The molecule has 0 amide bonds. The topological polar surface area (TPSA) is 69.4 Å². The first-order valence-corrected chi connectivity index (χ1v) is 10.7. The van der Waals surface area contributed by atoms with Gasteiger partial charge in [0, 0.05) is 21.7 Å². The summed E-state index contributed by atoms with van der Waals surface area (Å²) in [6, 6.07) is 19.3. The Bertz CT molecular complexity index is 1150. The molecule has 132 valence electrons. The van der Waals surface area contributed by atoms with Crippen LogP contribution in [0.2, 0.25) is 0 Å². The van der Waals surface area contributed by atoms with Crippen molar-refractivity contribution >= 4 is 36.5 Å². The van der Waals surface area contributed by atoms with Crippen LogP contribution in [0.25, 0.3) is 10.8 Å². The monoisotopic (exact) mass is 429 g/mol. The molecule has 1 heterocycles. The van der Waals surface area contributed by atoms with Gasteiger partial charge in [-0.25, -0.2) is 8.42 Å². The molecule has 0 aromatic heterocycles. The Hall–Kier alpha value is -2.31. The van der Waals surface area contributed by atoms with Crippen LogP contribution in [-0.2, 0) is 9.84 Å². The summed E-state index contributed by atoms with van der Waals surface area (Å²) in [6.45, 7) is 0. The Kier molecular flexibility index (Phi) is 4.04. The zero-order valence-electron chi connectivity index (χ0n) is 13.9. The number of benzene rings is 3. The van der Waals surface area contributed by atoms with Gasteiger partial charge in [-0.2, -0.15) is 0 Å². The minimum absolute atomic E-state index is 0.0655. The summed E-state index contributed by atoms with van der Waals surface area (Å²) in [7, 11) is -3.56. The van der Waals surface area contributed by atoms with Crippen LogP contribution in [0, 0.1) is 0 Å². The highest BCUT2D eigenvalue weighted by Gasteiger charge is 2.36. The summed E-state index contributed by atoms with van der Waals surface area (Å²) in [6.07, 6.45) is 1.16. The molecule has 2 N–H and O–H groups in total. The average molecular weight is 430 g/mol. The Morgan fingerprint density at radius 1 is 1.00 bits per heavy atom. The van der Waals surface area contributed by atoms with Crippen molar-refractivity contribution in [2.24, 2.45) is 5.73 Å². The molecule has 0 fully saturated rings. The van der Waals surface area contributed by atoms with Crippen molar-refractivity contribution in [3.8, 4) is 5.75 Å². The van der Waals surface area contributed by atoms with Crippen LogP contribution < -0.4 is 10.5 Å². The molecule has 0 aliphatic carbocycles. The van der Waals surface area contributed by atoms with Crippen molar-refractivity contribution in [3.63, 3.8) is 0 Å². The zero-order valence-corrected chi connectivity index (χ0v) is 16.3. The van der Waals surface area contributed by atoms with E-state index in [1.807, 2.05) is 60.7 Å². The summed E-state index contributed by atoms with van der Waals surface area (Å²) in [4.78, 5) is 0.0996. The fourth-order valence-electron chi connectivity index (χ4n) is 3.43. The van der Waals surface area contributed by atoms with Gasteiger partial charge in [-0.05, 0) is 23.1 Å². The molecule has 4 rings (SSSR count). The molecular formula is C20H16BrNO3S. The smallest absolute Gasteiger partial charge is 0.206 e. The van der Waals surface area contributed by atoms with Crippen LogP contribution in [0.4, 0.5) is 0 Å². The van der Waals surface area contributed by atoms with Crippen LogP contribution in [0.5, 0.6) is 5.75 Å². The van der Waals surface area contributed by atoms with E-state index in [2.05, 4.69) is 15.9 Å². The molecule has 1 aliphatic heterocycles. The lowest BCUT2D eigenvalue weighted by Crippen LogP contribution is -2.26. The summed E-state index contributed by atoms with van der Waals surface area (Å²) in [5.74, 6) is 0.0386. The van der Waals surface area contributed by atoms with Gasteiger partial charge in [0.25, 0.3) is 0 Å². The summed E-state index contributed by atoms with van der Waals surface area (Å²) < 4.78 is 31.7. The highest BCUT2D eigenvalue weighted by Crippen LogP contribution is 2.46. The van der Waals surface area contributed by atoms with Crippen molar-refractivity contribution in [2.45, 2.75) is 5.92 Å². The van der Waals surface area contributed by atoms with Crippen LogP contribution in [-0.4, -0.2) is 14.7 Å². The van der Waals surface area contributed by atoms with Gasteiger partial charge >= 0.3 is 0 Å².